The first kappa shape index (κ1) is 20.6. The Morgan fingerprint density at radius 3 is 1.14 bits per heavy atom. The Bertz CT molecular complexity index is 362. The van der Waals surface area contributed by atoms with Gasteiger partial charge in [0.25, 0.3) is 0 Å². The lowest BCUT2D eigenvalue weighted by atomic mass is 10.2. The van der Waals surface area contributed by atoms with Crippen molar-refractivity contribution in [2.24, 2.45) is 0 Å². The van der Waals surface area contributed by atoms with Crippen LogP contribution in [0, 0.1) is 0 Å². The molecule has 2 nitrogen and oxygen atoms in total. The van der Waals surface area contributed by atoms with E-state index in [1.807, 2.05) is 0 Å². The molecule has 0 radical (unpaired) electrons. The van der Waals surface area contributed by atoms with Gasteiger partial charge in [-0.3, -0.25) is 0 Å². The number of hydrogen-bond donors (Lipinski definition) is 0. The highest BCUT2D eigenvalue weighted by atomic mass is 79.9. The third-order valence-electron chi connectivity index (χ3n) is 6.22. The quantitative estimate of drug-likeness (QED) is 0.367. The summed E-state index contributed by atoms with van der Waals surface area (Å²) in [6.45, 7) is 27.1. The summed E-state index contributed by atoms with van der Waals surface area (Å²) in [6, 6.07) is 0. The van der Waals surface area contributed by atoms with Crippen LogP contribution in [0.5, 0.6) is 0 Å². The van der Waals surface area contributed by atoms with Crippen LogP contribution in [0.15, 0.2) is 0 Å². The van der Waals surface area contributed by atoms with Gasteiger partial charge in [0.1, 0.15) is 16.5 Å². The lowest BCUT2D eigenvalue weighted by Crippen LogP contribution is -2.69. The van der Waals surface area contributed by atoms with Crippen LogP contribution in [0.4, 0.5) is 0 Å². The van der Waals surface area contributed by atoms with Crippen LogP contribution in [0.3, 0.4) is 0 Å². The van der Waals surface area contributed by atoms with E-state index in [4.69, 9.17) is 0 Å². The minimum atomic E-state index is -1.87. The lowest BCUT2D eigenvalue weighted by molar-refractivity contribution is 0.579. The van der Waals surface area contributed by atoms with Crippen molar-refractivity contribution in [2.75, 3.05) is 13.1 Å². The van der Waals surface area contributed by atoms with Gasteiger partial charge in [-0.1, -0.05) is 98.3 Å². The zero-order chi connectivity index (χ0) is 17.1. The molecule has 0 amide bonds. The predicted molar refractivity (Wildman–Crippen MR) is 111 cm³/mol. The Morgan fingerprint density at radius 2 is 0.952 bits per heavy atom. The highest BCUT2D eigenvalue weighted by molar-refractivity contribution is 9.50. The van der Waals surface area contributed by atoms with E-state index in [0.29, 0.717) is 10.1 Å². The molecule has 0 spiro atoms. The molecule has 0 aromatic rings. The molecule has 0 saturated carbocycles. The van der Waals surface area contributed by atoms with Gasteiger partial charge in [-0.15, -0.1) is 0 Å². The summed E-state index contributed by atoms with van der Waals surface area (Å²) in [5, 5.41) is 0.770. The van der Waals surface area contributed by atoms with E-state index in [1.165, 1.54) is 13.1 Å². The van der Waals surface area contributed by atoms with Crippen molar-refractivity contribution in [3.05, 3.63) is 0 Å². The number of rotatable bonds is 2. The average molecular weight is 475 g/mol. The van der Waals surface area contributed by atoms with E-state index < -0.39 is 22.1 Å². The minimum Gasteiger partial charge on any atom is -0.315 e. The summed E-state index contributed by atoms with van der Waals surface area (Å²) in [5.74, 6) is 0. The van der Waals surface area contributed by atoms with Crippen LogP contribution in [0.1, 0.15) is 41.5 Å². The van der Waals surface area contributed by atoms with Gasteiger partial charge in [0.2, 0.25) is 0 Å². The van der Waals surface area contributed by atoms with E-state index in [2.05, 4.69) is 107 Å². The molecule has 1 fully saturated rings. The Morgan fingerprint density at radius 1 is 0.714 bits per heavy atom. The van der Waals surface area contributed by atoms with Crippen molar-refractivity contribution < 1.29 is 0 Å². The Labute approximate surface area is 151 Å². The molecule has 1 aliphatic heterocycles. The van der Waals surface area contributed by atoms with Crippen LogP contribution < -0.4 is 0 Å². The van der Waals surface area contributed by atoms with Crippen LogP contribution in [0.25, 0.3) is 0 Å². The van der Waals surface area contributed by atoms with Gasteiger partial charge in [-0.25, -0.2) is 0 Å². The zero-order valence-corrected chi connectivity index (χ0v) is 21.7. The second kappa shape index (κ2) is 5.81. The first-order valence-electron chi connectivity index (χ1n) is 7.90. The molecule has 1 aliphatic rings. The first-order chi connectivity index (χ1) is 8.97. The summed E-state index contributed by atoms with van der Waals surface area (Å²) in [6.07, 6.45) is 0. The van der Waals surface area contributed by atoms with E-state index in [-0.39, 0.29) is 0 Å². The highest BCUT2D eigenvalue weighted by Crippen LogP contribution is 2.51. The maximum absolute atomic E-state index is 4.21. The van der Waals surface area contributed by atoms with Crippen molar-refractivity contribution in [3.8, 4) is 0 Å². The first-order valence-corrected chi connectivity index (χ1v) is 20.2. The SMILES string of the molecule is CC(C)(C)[Si](C)(C)N1CCN([Si](C)(C)C(C)(C)C)[Si]1(Br)Br. The summed E-state index contributed by atoms with van der Waals surface area (Å²) in [4.78, 5) is 0. The maximum atomic E-state index is 4.21. The molecule has 21 heavy (non-hydrogen) atoms. The molecule has 7 heteroatoms. The van der Waals surface area contributed by atoms with Gasteiger partial charge >= 0.3 is 5.64 Å². The van der Waals surface area contributed by atoms with E-state index in [1.54, 1.807) is 0 Å². The molecule has 0 N–H and O–H groups in total. The van der Waals surface area contributed by atoms with Crippen LogP contribution in [-0.4, -0.2) is 43.7 Å². The van der Waals surface area contributed by atoms with Gasteiger partial charge in [0.05, 0.1) is 0 Å². The number of nitrogens with zero attached hydrogens (tertiary/aromatic N) is 2. The van der Waals surface area contributed by atoms with E-state index in [9.17, 15) is 0 Å². The lowest BCUT2D eigenvalue weighted by Gasteiger charge is -2.52. The van der Waals surface area contributed by atoms with Gasteiger partial charge in [-0.2, -0.15) is 0 Å². The second-order valence-electron chi connectivity index (χ2n) is 9.43. The highest BCUT2D eigenvalue weighted by Gasteiger charge is 2.61. The standard InChI is InChI=1S/C14H34Br2N2Si3/c1-13(2,3)19(7,8)17-11-12-18(21(17,15)16)20(9,10)14(4,5)6/h11-12H2,1-10H3. The third kappa shape index (κ3) is 3.49. The van der Waals surface area contributed by atoms with Crippen LogP contribution >= 0.6 is 30.6 Å². The number of halogens is 2. The summed E-state index contributed by atoms with van der Waals surface area (Å²) in [7, 11) is -3.01. The van der Waals surface area contributed by atoms with E-state index in [0.717, 1.165) is 0 Å². The fourth-order valence-corrected chi connectivity index (χ4v) is 33.1. The van der Waals surface area contributed by atoms with E-state index >= 15 is 0 Å². The molecule has 0 unspecified atom stereocenters. The second-order valence-corrected chi connectivity index (χ2v) is 32.6. The Balaban J connectivity index is 3.21. The molecule has 0 aromatic heterocycles. The fourth-order valence-electron chi connectivity index (χ4n) is 2.66. The van der Waals surface area contributed by atoms with Gasteiger partial charge in [0.15, 0.2) is 0 Å². The maximum Gasteiger partial charge on any atom is 0.341 e. The van der Waals surface area contributed by atoms with Crippen LogP contribution in [0.2, 0.25) is 36.3 Å². The van der Waals surface area contributed by atoms with Gasteiger partial charge < -0.3 is 8.46 Å². The van der Waals surface area contributed by atoms with Crippen molar-refractivity contribution >= 4 is 52.7 Å². The number of hydrogen-bond acceptors (Lipinski definition) is 2. The van der Waals surface area contributed by atoms with Crippen molar-refractivity contribution in [1.82, 2.24) is 8.46 Å². The monoisotopic (exact) mass is 472 g/mol. The van der Waals surface area contributed by atoms with Crippen LogP contribution in [-0.2, 0) is 0 Å². The molecule has 0 bridgehead atoms. The minimum absolute atomic E-state index is 0.385. The topological polar surface area (TPSA) is 6.48 Å². The molecule has 1 heterocycles. The molecular formula is C14H34Br2N2Si3. The molecular weight excluding hydrogens is 440 g/mol. The molecule has 126 valence electrons. The molecule has 0 aliphatic carbocycles. The molecule has 1 saturated heterocycles. The van der Waals surface area contributed by atoms with Crippen molar-refractivity contribution in [3.63, 3.8) is 0 Å². The normalized spacial score (nSPS) is 22.9. The van der Waals surface area contributed by atoms with Gasteiger partial charge in [0, 0.05) is 0 Å². The molecule has 0 aromatic carbocycles. The summed E-state index contributed by atoms with van der Waals surface area (Å²) >= 11 is 8.42. The smallest absolute Gasteiger partial charge is 0.315 e. The van der Waals surface area contributed by atoms with Crippen molar-refractivity contribution in [1.29, 1.82) is 0 Å². The third-order valence-corrected chi connectivity index (χ3v) is 32.8. The molecule has 1 rings (SSSR count). The predicted octanol–water partition coefficient (Wildman–Crippen LogP) is 5.84. The molecule has 0 atom stereocenters. The van der Waals surface area contributed by atoms with Gasteiger partial charge in [-0.05, 0) is 23.2 Å². The zero-order valence-electron chi connectivity index (χ0n) is 15.6. The Hall–Kier alpha value is 1.53. The fraction of sp³-hybridized carbons (Fsp3) is 1.00. The summed E-state index contributed by atoms with van der Waals surface area (Å²) < 4.78 is 5.72. The summed E-state index contributed by atoms with van der Waals surface area (Å²) in [5.41, 5.74) is -1.87. The average Bonchev–Trinajstić information content (AvgIpc) is 2.50. The largest absolute Gasteiger partial charge is 0.341 e. The van der Waals surface area contributed by atoms with Crippen molar-refractivity contribution in [2.45, 2.75) is 77.8 Å². The Kier molecular flexibility index (Phi) is 5.69.